The molecule has 122 valence electrons. The van der Waals surface area contributed by atoms with Crippen molar-refractivity contribution in [3.8, 4) is 0 Å². The molecule has 1 aliphatic heterocycles. The number of carbonyl (C=O) groups is 3. The third-order valence-electron chi connectivity index (χ3n) is 5.69. The van der Waals surface area contributed by atoms with Crippen molar-refractivity contribution in [3.63, 3.8) is 0 Å². The molecule has 0 aromatic carbocycles. The van der Waals surface area contributed by atoms with Crippen LogP contribution in [0.2, 0.25) is 0 Å². The second-order valence-electron chi connectivity index (χ2n) is 7.20. The van der Waals surface area contributed by atoms with Gasteiger partial charge in [-0.2, -0.15) is 0 Å². The van der Waals surface area contributed by atoms with Crippen molar-refractivity contribution < 1.29 is 14.4 Å². The number of hydrogen-bond donors (Lipinski definition) is 1. The van der Waals surface area contributed by atoms with E-state index in [-0.39, 0.29) is 42.1 Å². The Morgan fingerprint density at radius 2 is 1.55 bits per heavy atom. The Kier molecular flexibility index (Phi) is 4.50. The third kappa shape index (κ3) is 2.90. The van der Waals surface area contributed by atoms with Crippen molar-refractivity contribution in [1.29, 1.82) is 0 Å². The van der Waals surface area contributed by atoms with Crippen LogP contribution in [0.15, 0.2) is 0 Å². The second kappa shape index (κ2) is 6.39. The lowest BCUT2D eigenvalue weighted by Crippen LogP contribution is -2.47. The number of carbonyl (C=O) groups excluding carboxylic acids is 3. The highest BCUT2D eigenvalue weighted by Gasteiger charge is 2.48. The van der Waals surface area contributed by atoms with E-state index in [0.29, 0.717) is 5.92 Å². The fraction of sp³-hybridized carbons (Fsp3) is 0.824. The van der Waals surface area contributed by atoms with E-state index in [9.17, 15) is 14.4 Å². The fourth-order valence-corrected chi connectivity index (χ4v) is 4.31. The summed E-state index contributed by atoms with van der Waals surface area (Å²) >= 11 is 0. The predicted molar refractivity (Wildman–Crippen MR) is 81.7 cm³/mol. The molecular formula is C17H26N2O3. The van der Waals surface area contributed by atoms with E-state index in [1.54, 1.807) is 0 Å². The molecular weight excluding hydrogens is 280 g/mol. The van der Waals surface area contributed by atoms with Gasteiger partial charge in [0.1, 0.15) is 6.54 Å². The number of hydrogen-bond acceptors (Lipinski definition) is 3. The van der Waals surface area contributed by atoms with Gasteiger partial charge in [-0.3, -0.25) is 19.3 Å². The number of imide groups is 1. The molecule has 3 fully saturated rings. The van der Waals surface area contributed by atoms with Gasteiger partial charge in [0.15, 0.2) is 0 Å². The Balaban J connectivity index is 1.59. The Labute approximate surface area is 131 Å². The van der Waals surface area contributed by atoms with Gasteiger partial charge >= 0.3 is 0 Å². The van der Waals surface area contributed by atoms with Gasteiger partial charge in [-0.15, -0.1) is 0 Å². The van der Waals surface area contributed by atoms with Crippen LogP contribution >= 0.6 is 0 Å². The maximum absolute atomic E-state index is 12.4. The van der Waals surface area contributed by atoms with Crippen LogP contribution in [0.5, 0.6) is 0 Å². The molecule has 5 nitrogen and oxygen atoms in total. The van der Waals surface area contributed by atoms with E-state index in [0.717, 1.165) is 44.9 Å². The maximum Gasteiger partial charge on any atom is 0.240 e. The summed E-state index contributed by atoms with van der Waals surface area (Å²) in [6, 6.07) is 0.191. The first kappa shape index (κ1) is 15.5. The monoisotopic (exact) mass is 306 g/mol. The van der Waals surface area contributed by atoms with Crippen molar-refractivity contribution in [2.75, 3.05) is 6.54 Å². The summed E-state index contributed by atoms with van der Waals surface area (Å²) in [5.74, 6) is -0.280. The lowest BCUT2D eigenvalue weighted by molar-refractivity contribution is -0.143. The van der Waals surface area contributed by atoms with Crippen LogP contribution in [-0.2, 0) is 14.4 Å². The van der Waals surface area contributed by atoms with Crippen LogP contribution in [0.4, 0.5) is 0 Å². The van der Waals surface area contributed by atoms with Crippen LogP contribution < -0.4 is 5.32 Å². The zero-order valence-electron chi connectivity index (χ0n) is 13.3. The Bertz CT molecular complexity index is 453. The SMILES string of the molecule is C[C@H]1CCCC[C@@H]1NC(=O)CN1C(=O)[C@H]2CCCC[C@H]2C1=O. The molecule has 0 aromatic heterocycles. The number of nitrogens with zero attached hydrogens (tertiary/aromatic N) is 1. The lowest BCUT2D eigenvalue weighted by Gasteiger charge is -2.30. The molecule has 3 rings (SSSR count). The molecule has 2 saturated carbocycles. The first-order valence-corrected chi connectivity index (χ1v) is 8.72. The van der Waals surface area contributed by atoms with Gasteiger partial charge in [0.2, 0.25) is 17.7 Å². The first-order chi connectivity index (χ1) is 10.6. The summed E-state index contributed by atoms with van der Waals surface area (Å²) in [5.41, 5.74) is 0. The average molecular weight is 306 g/mol. The van der Waals surface area contributed by atoms with Crippen molar-refractivity contribution >= 4 is 17.7 Å². The van der Waals surface area contributed by atoms with Crippen LogP contribution in [-0.4, -0.2) is 35.2 Å². The fourth-order valence-electron chi connectivity index (χ4n) is 4.31. The van der Waals surface area contributed by atoms with E-state index >= 15 is 0 Å². The summed E-state index contributed by atoms with van der Waals surface area (Å²) in [4.78, 5) is 38.2. The van der Waals surface area contributed by atoms with Crippen LogP contribution in [0, 0.1) is 17.8 Å². The number of nitrogens with one attached hydrogen (secondary N) is 1. The summed E-state index contributed by atoms with van der Waals surface area (Å²) in [5, 5.41) is 3.03. The lowest BCUT2D eigenvalue weighted by atomic mass is 9.81. The quantitative estimate of drug-likeness (QED) is 0.809. The first-order valence-electron chi connectivity index (χ1n) is 8.72. The molecule has 3 amide bonds. The van der Waals surface area contributed by atoms with Gasteiger partial charge in [-0.25, -0.2) is 0 Å². The van der Waals surface area contributed by atoms with Crippen LogP contribution in [0.25, 0.3) is 0 Å². The van der Waals surface area contributed by atoms with Gasteiger partial charge in [0.25, 0.3) is 0 Å². The summed E-state index contributed by atoms with van der Waals surface area (Å²) < 4.78 is 0. The molecule has 3 aliphatic rings. The van der Waals surface area contributed by atoms with Crippen molar-refractivity contribution in [2.24, 2.45) is 17.8 Å². The highest BCUT2D eigenvalue weighted by Crippen LogP contribution is 2.37. The number of fused-ring (bicyclic) bond motifs is 1. The second-order valence-corrected chi connectivity index (χ2v) is 7.20. The van der Waals surface area contributed by atoms with Gasteiger partial charge in [0.05, 0.1) is 11.8 Å². The Morgan fingerprint density at radius 3 is 2.14 bits per heavy atom. The standard InChI is InChI=1S/C17H26N2O3/c1-11-6-2-5-9-14(11)18-15(20)10-19-16(21)12-7-3-4-8-13(12)17(19)22/h11-14H,2-10H2,1H3,(H,18,20)/t11-,12-,13+,14-/m0/s1. The zero-order chi connectivity index (χ0) is 15.7. The van der Waals surface area contributed by atoms with E-state index in [1.165, 1.54) is 11.3 Å². The molecule has 1 saturated heterocycles. The molecule has 2 aliphatic carbocycles. The van der Waals surface area contributed by atoms with Gasteiger partial charge in [-0.1, -0.05) is 32.6 Å². The number of amides is 3. The molecule has 4 atom stereocenters. The minimum absolute atomic E-state index is 0.0894. The molecule has 0 bridgehead atoms. The maximum atomic E-state index is 12.4. The van der Waals surface area contributed by atoms with Gasteiger partial charge in [-0.05, 0) is 31.6 Å². The van der Waals surface area contributed by atoms with Crippen molar-refractivity contribution in [2.45, 2.75) is 64.3 Å². The largest absolute Gasteiger partial charge is 0.352 e. The van der Waals surface area contributed by atoms with E-state index in [4.69, 9.17) is 0 Å². The highest BCUT2D eigenvalue weighted by atomic mass is 16.2. The third-order valence-corrected chi connectivity index (χ3v) is 5.69. The zero-order valence-corrected chi connectivity index (χ0v) is 13.3. The Hall–Kier alpha value is -1.39. The summed E-state index contributed by atoms with van der Waals surface area (Å²) in [7, 11) is 0. The molecule has 5 heteroatoms. The van der Waals surface area contributed by atoms with Crippen LogP contribution in [0.1, 0.15) is 58.3 Å². The average Bonchev–Trinajstić information content (AvgIpc) is 2.75. The molecule has 0 spiro atoms. The molecule has 1 N–H and O–H groups in total. The van der Waals surface area contributed by atoms with E-state index < -0.39 is 0 Å². The number of likely N-dealkylation sites (tertiary alicyclic amines) is 1. The molecule has 0 radical (unpaired) electrons. The number of rotatable bonds is 3. The molecule has 0 unspecified atom stereocenters. The smallest absolute Gasteiger partial charge is 0.240 e. The predicted octanol–water partition coefficient (Wildman–Crippen LogP) is 1.86. The minimum atomic E-state index is -0.181. The summed E-state index contributed by atoms with van der Waals surface area (Å²) in [6.07, 6.45) is 8.12. The van der Waals surface area contributed by atoms with Crippen LogP contribution in [0.3, 0.4) is 0 Å². The molecule has 1 heterocycles. The topological polar surface area (TPSA) is 66.5 Å². The van der Waals surface area contributed by atoms with Crippen molar-refractivity contribution in [3.05, 3.63) is 0 Å². The van der Waals surface area contributed by atoms with E-state index in [2.05, 4.69) is 12.2 Å². The minimum Gasteiger partial charge on any atom is -0.352 e. The normalized spacial score (nSPS) is 35.4. The van der Waals surface area contributed by atoms with Gasteiger partial charge in [0, 0.05) is 6.04 Å². The Morgan fingerprint density at radius 1 is 1.00 bits per heavy atom. The summed E-state index contributed by atoms with van der Waals surface area (Å²) in [6.45, 7) is 2.07. The van der Waals surface area contributed by atoms with Gasteiger partial charge < -0.3 is 5.32 Å². The van der Waals surface area contributed by atoms with E-state index in [1.807, 2.05) is 0 Å². The highest BCUT2D eigenvalue weighted by molar-refractivity contribution is 6.07. The molecule has 22 heavy (non-hydrogen) atoms. The molecule has 0 aromatic rings. The van der Waals surface area contributed by atoms with Crippen molar-refractivity contribution in [1.82, 2.24) is 10.2 Å².